The molecule has 1 heterocycles. The molecule has 1 nitrogen and oxygen atoms in total. The molecule has 2 rings (SSSR count). The molecule has 0 amide bonds. The highest BCUT2D eigenvalue weighted by Crippen LogP contribution is 2.25. The van der Waals surface area contributed by atoms with Gasteiger partial charge in [0.15, 0.2) is 0 Å². The van der Waals surface area contributed by atoms with E-state index in [-0.39, 0.29) is 0 Å². The standard InChI is InChI=1S/C14H21N/c1-11-7-8-13(12(2)10-11)14-6-4-3-5-9-15-14/h7-8,10,14-15H,3-6,9H2,1-2H3/t14-/m1/s1. The number of nitrogens with one attached hydrogen (secondary N) is 1. The summed E-state index contributed by atoms with van der Waals surface area (Å²) in [6, 6.07) is 7.41. The molecule has 0 aliphatic carbocycles. The zero-order chi connectivity index (χ0) is 10.7. The van der Waals surface area contributed by atoms with Crippen molar-refractivity contribution in [1.82, 2.24) is 5.32 Å². The van der Waals surface area contributed by atoms with Gasteiger partial charge in [0.25, 0.3) is 0 Å². The van der Waals surface area contributed by atoms with Gasteiger partial charge in [0, 0.05) is 6.04 Å². The molecule has 1 aliphatic heterocycles. The number of hydrogen-bond donors (Lipinski definition) is 1. The minimum atomic E-state index is 0.591. The van der Waals surface area contributed by atoms with E-state index >= 15 is 0 Å². The van der Waals surface area contributed by atoms with Gasteiger partial charge < -0.3 is 5.32 Å². The third-order valence-electron chi connectivity index (χ3n) is 3.36. The Morgan fingerprint density at radius 2 is 2.00 bits per heavy atom. The van der Waals surface area contributed by atoms with Crippen LogP contribution in [0.5, 0.6) is 0 Å². The Morgan fingerprint density at radius 3 is 2.80 bits per heavy atom. The van der Waals surface area contributed by atoms with Gasteiger partial charge in [0.1, 0.15) is 0 Å². The van der Waals surface area contributed by atoms with E-state index in [4.69, 9.17) is 0 Å². The molecule has 1 aliphatic rings. The molecule has 1 aromatic rings. The highest BCUT2D eigenvalue weighted by atomic mass is 14.9. The van der Waals surface area contributed by atoms with E-state index in [1.807, 2.05) is 0 Å². The van der Waals surface area contributed by atoms with Crippen LogP contribution in [0.2, 0.25) is 0 Å². The Balaban J connectivity index is 2.19. The lowest BCUT2D eigenvalue weighted by atomic mass is 9.96. The van der Waals surface area contributed by atoms with Crippen molar-refractivity contribution in [2.45, 2.75) is 45.6 Å². The summed E-state index contributed by atoms with van der Waals surface area (Å²) in [7, 11) is 0. The number of rotatable bonds is 1. The third kappa shape index (κ3) is 2.60. The molecule has 1 fully saturated rings. The molecule has 0 spiro atoms. The quantitative estimate of drug-likeness (QED) is 0.736. The van der Waals surface area contributed by atoms with Gasteiger partial charge in [-0.25, -0.2) is 0 Å². The molecule has 1 saturated heterocycles. The summed E-state index contributed by atoms with van der Waals surface area (Å²) in [5.74, 6) is 0. The number of aryl methyl sites for hydroxylation is 2. The zero-order valence-corrected chi connectivity index (χ0v) is 9.84. The van der Waals surface area contributed by atoms with Crippen molar-refractivity contribution in [1.29, 1.82) is 0 Å². The molecule has 1 heteroatoms. The number of benzene rings is 1. The van der Waals surface area contributed by atoms with Crippen LogP contribution in [0.15, 0.2) is 18.2 Å². The summed E-state index contributed by atoms with van der Waals surface area (Å²) in [6.45, 7) is 5.57. The van der Waals surface area contributed by atoms with E-state index in [0.29, 0.717) is 6.04 Å². The van der Waals surface area contributed by atoms with Crippen molar-refractivity contribution < 1.29 is 0 Å². The Hall–Kier alpha value is -0.820. The lowest BCUT2D eigenvalue weighted by molar-refractivity contribution is 0.532. The first-order chi connectivity index (χ1) is 7.27. The second kappa shape index (κ2) is 4.80. The third-order valence-corrected chi connectivity index (χ3v) is 3.36. The minimum absolute atomic E-state index is 0.591. The van der Waals surface area contributed by atoms with Crippen LogP contribution in [-0.4, -0.2) is 6.54 Å². The van der Waals surface area contributed by atoms with Crippen molar-refractivity contribution >= 4 is 0 Å². The van der Waals surface area contributed by atoms with E-state index in [9.17, 15) is 0 Å². The first-order valence-electron chi connectivity index (χ1n) is 6.08. The van der Waals surface area contributed by atoms with Gasteiger partial charge in [0.2, 0.25) is 0 Å². The van der Waals surface area contributed by atoms with Crippen molar-refractivity contribution in [3.63, 3.8) is 0 Å². The van der Waals surface area contributed by atoms with Crippen molar-refractivity contribution in [3.05, 3.63) is 34.9 Å². The Kier molecular flexibility index (Phi) is 3.42. The van der Waals surface area contributed by atoms with Gasteiger partial charge in [-0.05, 0) is 44.4 Å². The maximum atomic E-state index is 3.66. The normalized spacial score (nSPS) is 22.4. The largest absolute Gasteiger partial charge is 0.310 e. The molecule has 0 saturated carbocycles. The maximum Gasteiger partial charge on any atom is 0.0322 e. The van der Waals surface area contributed by atoms with Gasteiger partial charge in [-0.1, -0.05) is 36.6 Å². The first kappa shape index (κ1) is 10.7. The second-order valence-corrected chi connectivity index (χ2v) is 4.72. The van der Waals surface area contributed by atoms with Gasteiger partial charge in [-0.15, -0.1) is 0 Å². The van der Waals surface area contributed by atoms with E-state index in [1.54, 1.807) is 0 Å². The Bertz CT molecular complexity index is 322. The second-order valence-electron chi connectivity index (χ2n) is 4.72. The van der Waals surface area contributed by atoms with E-state index in [0.717, 1.165) is 0 Å². The van der Waals surface area contributed by atoms with Crippen LogP contribution in [0, 0.1) is 13.8 Å². The molecule has 0 bridgehead atoms. The van der Waals surface area contributed by atoms with Crippen LogP contribution in [-0.2, 0) is 0 Å². The van der Waals surface area contributed by atoms with E-state index in [1.165, 1.54) is 48.9 Å². The summed E-state index contributed by atoms with van der Waals surface area (Å²) in [5.41, 5.74) is 4.31. The maximum absolute atomic E-state index is 3.66. The first-order valence-corrected chi connectivity index (χ1v) is 6.08. The predicted octanol–water partition coefficient (Wildman–Crippen LogP) is 3.51. The molecule has 0 unspecified atom stereocenters. The smallest absolute Gasteiger partial charge is 0.0322 e. The fourth-order valence-corrected chi connectivity index (χ4v) is 2.51. The highest BCUT2D eigenvalue weighted by molar-refractivity contribution is 5.32. The predicted molar refractivity (Wildman–Crippen MR) is 65.1 cm³/mol. The topological polar surface area (TPSA) is 12.0 Å². The summed E-state index contributed by atoms with van der Waals surface area (Å²) in [5, 5.41) is 3.66. The fourth-order valence-electron chi connectivity index (χ4n) is 2.51. The van der Waals surface area contributed by atoms with Crippen molar-refractivity contribution in [2.75, 3.05) is 6.54 Å². The molecule has 15 heavy (non-hydrogen) atoms. The fraction of sp³-hybridized carbons (Fsp3) is 0.571. The van der Waals surface area contributed by atoms with Crippen LogP contribution in [0.1, 0.15) is 48.4 Å². The Morgan fingerprint density at radius 1 is 1.13 bits per heavy atom. The minimum Gasteiger partial charge on any atom is -0.310 e. The number of hydrogen-bond acceptors (Lipinski definition) is 1. The molecule has 82 valence electrons. The van der Waals surface area contributed by atoms with Gasteiger partial charge >= 0.3 is 0 Å². The van der Waals surface area contributed by atoms with Gasteiger partial charge in [0.05, 0.1) is 0 Å². The van der Waals surface area contributed by atoms with Crippen LogP contribution in [0.4, 0.5) is 0 Å². The van der Waals surface area contributed by atoms with Crippen molar-refractivity contribution in [3.8, 4) is 0 Å². The average Bonchev–Trinajstić information content (AvgIpc) is 2.46. The lowest BCUT2D eigenvalue weighted by Crippen LogP contribution is -2.21. The average molecular weight is 203 g/mol. The van der Waals surface area contributed by atoms with E-state index in [2.05, 4.69) is 37.4 Å². The van der Waals surface area contributed by atoms with Crippen LogP contribution < -0.4 is 5.32 Å². The van der Waals surface area contributed by atoms with Gasteiger partial charge in [-0.2, -0.15) is 0 Å². The zero-order valence-electron chi connectivity index (χ0n) is 9.84. The lowest BCUT2D eigenvalue weighted by Gasteiger charge is -2.18. The Labute approximate surface area is 92.9 Å². The SMILES string of the molecule is Cc1ccc([C@H]2CCCCCN2)c(C)c1. The van der Waals surface area contributed by atoms with E-state index < -0.39 is 0 Å². The van der Waals surface area contributed by atoms with Crippen LogP contribution >= 0.6 is 0 Å². The molecule has 1 aromatic carbocycles. The molecule has 0 aromatic heterocycles. The molecule has 1 N–H and O–H groups in total. The summed E-state index contributed by atoms with van der Waals surface area (Å²) < 4.78 is 0. The highest BCUT2D eigenvalue weighted by Gasteiger charge is 2.14. The van der Waals surface area contributed by atoms with Crippen LogP contribution in [0.3, 0.4) is 0 Å². The summed E-state index contributed by atoms with van der Waals surface area (Å²) in [6.07, 6.45) is 5.38. The van der Waals surface area contributed by atoms with Crippen LogP contribution in [0.25, 0.3) is 0 Å². The monoisotopic (exact) mass is 203 g/mol. The summed E-state index contributed by atoms with van der Waals surface area (Å²) in [4.78, 5) is 0. The van der Waals surface area contributed by atoms with Crippen molar-refractivity contribution in [2.24, 2.45) is 0 Å². The molecular formula is C14H21N. The molecule has 1 atom stereocenters. The molecular weight excluding hydrogens is 182 g/mol. The van der Waals surface area contributed by atoms with Gasteiger partial charge in [-0.3, -0.25) is 0 Å². The summed E-state index contributed by atoms with van der Waals surface area (Å²) >= 11 is 0. The molecule has 0 radical (unpaired) electrons.